The molecular formula is C28H25Cl3F9N3O2S3. The summed E-state index contributed by atoms with van der Waals surface area (Å²) in [5, 5.41) is 2.52. The molecule has 3 aromatic rings. The predicted octanol–water partition coefficient (Wildman–Crippen LogP) is 11.1. The van der Waals surface area contributed by atoms with Crippen LogP contribution in [0.25, 0.3) is 0 Å². The quantitative estimate of drug-likeness (QED) is 0.152. The van der Waals surface area contributed by atoms with E-state index >= 15 is 0 Å². The lowest BCUT2D eigenvalue weighted by molar-refractivity contribution is -0.117. The molecule has 0 aliphatic heterocycles. The Bertz CT molecular complexity index is 1480. The standard InChI is InChI=1S/C10H9Cl3FNOS.C10H9F4NOS.C8H7F4NS/c1-6(16)15(2)9-4-3-7(5-8(9)14)17-10(11,12)13;1-6(16)15(2)9-4-3-7(5-8(9)11)17-10(12,13)14;1-13-7-3-2-5(4-6(7)9)14-8(10,11)12/h2*3-5H,1-2H3;2-4,13H,1H3. The molecule has 0 saturated heterocycles. The smallest absolute Gasteiger partial charge is 0.386 e. The predicted molar refractivity (Wildman–Crippen MR) is 177 cm³/mol. The van der Waals surface area contributed by atoms with Gasteiger partial charge in [-0.3, -0.25) is 9.59 Å². The van der Waals surface area contributed by atoms with Crippen molar-refractivity contribution in [2.45, 2.75) is 42.7 Å². The van der Waals surface area contributed by atoms with Crippen molar-refractivity contribution in [1.29, 1.82) is 0 Å². The van der Waals surface area contributed by atoms with Gasteiger partial charge in [0.1, 0.15) is 17.5 Å². The van der Waals surface area contributed by atoms with Gasteiger partial charge in [0, 0.05) is 49.7 Å². The summed E-state index contributed by atoms with van der Waals surface area (Å²) in [6.07, 6.45) is 0. The van der Waals surface area contributed by atoms with E-state index in [-0.39, 0.29) is 44.5 Å². The minimum atomic E-state index is -4.46. The molecule has 0 aliphatic carbocycles. The lowest BCUT2D eigenvalue weighted by atomic mass is 10.3. The van der Waals surface area contributed by atoms with Gasteiger partial charge in [0.15, 0.2) is 0 Å². The van der Waals surface area contributed by atoms with Crippen LogP contribution >= 0.6 is 70.1 Å². The van der Waals surface area contributed by atoms with Crippen molar-refractivity contribution in [2.24, 2.45) is 0 Å². The number of carbonyl (C=O) groups is 2. The number of alkyl halides is 9. The summed E-state index contributed by atoms with van der Waals surface area (Å²) in [6.45, 7) is 2.58. The molecule has 5 nitrogen and oxygen atoms in total. The van der Waals surface area contributed by atoms with E-state index in [1.54, 1.807) is 6.07 Å². The van der Waals surface area contributed by atoms with Crippen molar-refractivity contribution in [3.05, 3.63) is 72.0 Å². The van der Waals surface area contributed by atoms with Crippen LogP contribution in [0.3, 0.4) is 0 Å². The Kier molecular flexibility index (Phi) is 17.0. The van der Waals surface area contributed by atoms with Crippen LogP contribution in [0.15, 0.2) is 69.3 Å². The number of thioether (sulfide) groups is 3. The van der Waals surface area contributed by atoms with E-state index in [9.17, 15) is 49.1 Å². The average molecular weight is 809 g/mol. The van der Waals surface area contributed by atoms with Gasteiger partial charge in [-0.2, -0.15) is 26.3 Å². The molecule has 266 valence electrons. The van der Waals surface area contributed by atoms with Crippen LogP contribution in [-0.4, -0.2) is 47.1 Å². The molecule has 0 saturated carbocycles. The Morgan fingerprint density at radius 3 is 1.23 bits per heavy atom. The fraction of sp³-hybridized carbons (Fsp3) is 0.286. The van der Waals surface area contributed by atoms with E-state index in [1.165, 1.54) is 64.2 Å². The van der Waals surface area contributed by atoms with Crippen LogP contribution < -0.4 is 15.1 Å². The molecule has 2 amide bonds. The van der Waals surface area contributed by atoms with E-state index in [2.05, 4.69) is 5.32 Å². The van der Waals surface area contributed by atoms with Crippen LogP contribution in [-0.2, 0) is 9.59 Å². The van der Waals surface area contributed by atoms with Gasteiger partial charge in [-0.1, -0.05) is 46.6 Å². The highest BCUT2D eigenvalue weighted by molar-refractivity contribution is 8.04. The summed E-state index contributed by atoms with van der Waals surface area (Å²) in [5.74, 6) is -2.76. The van der Waals surface area contributed by atoms with Crippen LogP contribution in [0.5, 0.6) is 0 Å². The zero-order chi connectivity index (χ0) is 37.2. The highest BCUT2D eigenvalue weighted by atomic mass is 35.6. The van der Waals surface area contributed by atoms with Gasteiger partial charge in [0.2, 0.25) is 14.9 Å². The molecule has 0 spiro atoms. The topological polar surface area (TPSA) is 52.7 Å². The number of benzene rings is 3. The van der Waals surface area contributed by atoms with E-state index in [1.807, 2.05) is 0 Å². The van der Waals surface area contributed by atoms with Crippen LogP contribution in [0.2, 0.25) is 0 Å². The Balaban J connectivity index is 0.000000362. The van der Waals surface area contributed by atoms with Crippen LogP contribution in [0, 0.1) is 17.5 Å². The number of carbonyl (C=O) groups excluding carboxylic acids is 2. The average Bonchev–Trinajstić information content (AvgIpc) is 2.90. The Hall–Kier alpha value is -2.31. The van der Waals surface area contributed by atoms with Crippen molar-refractivity contribution < 1.29 is 49.1 Å². The summed E-state index contributed by atoms with van der Waals surface area (Å²) in [4.78, 5) is 24.4. The molecule has 0 bridgehead atoms. The first-order valence-corrected chi connectivity index (χ1v) is 16.2. The van der Waals surface area contributed by atoms with Crippen molar-refractivity contribution in [2.75, 3.05) is 36.3 Å². The maximum Gasteiger partial charge on any atom is 0.446 e. The Morgan fingerprint density at radius 1 is 0.625 bits per heavy atom. The molecule has 0 heterocycles. The second-order valence-corrected chi connectivity index (χ2v) is 15.4. The van der Waals surface area contributed by atoms with Crippen molar-refractivity contribution in [3.8, 4) is 0 Å². The third-order valence-electron chi connectivity index (χ3n) is 5.42. The minimum absolute atomic E-state index is 0.0518. The van der Waals surface area contributed by atoms with E-state index in [4.69, 9.17) is 34.8 Å². The molecule has 1 N–H and O–H groups in total. The van der Waals surface area contributed by atoms with Gasteiger partial charge in [-0.05, 0) is 78.1 Å². The summed E-state index contributed by atoms with van der Waals surface area (Å²) in [7, 11) is 4.33. The minimum Gasteiger partial charge on any atom is -0.386 e. The molecule has 48 heavy (non-hydrogen) atoms. The number of rotatable bonds is 6. The van der Waals surface area contributed by atoms with Crippen LogP contribution in [0.1, 0.15) is 13.8 Å². The van der Waals surface area contributed by atoms with Gasteiger partial charge in [-0.15, -0.1) is 0 Å². The first kappa shape index (κ1) is 43.7. The zero-order valence-electron chi connectivity index (χ0n) is 25.2. The highest BCUT2D eigenvalue weighted by Crippen LogP contribution is 2.44. The van der Waals surface area contributed by atoms with E-state index in [0.29, 0.717) is 4.90 Å². The molecule has 3 aromatic carbocycles. The lowest BCUT2D eigenvalue weighted by Gasteiger charge is -2.17. The first-order valence-electron chi connectivity index (χ1n) is 12.7. The molecule has 0 fully saturated rings. The van der Waals surface area contributed by atoms with Crippen LogP contribution in [0.4, 0.5) is 56.6 Å². The summed E-state index contributed by atoms with van der Waals surface area (Å²) in [5.41, 5.74) is -8.53. The molecular weight excluding hydrogens is 784 g/mol. The van der Waals surface area contributed by atoms with Gasteiger partial charge >= 0.3 is 11.0 Å². The molecule has 20 heteroatoms. The fourth-order valence-corrected chi connectivity index (χ4v) is 5.65. The molecule has 0 radical (unpaired) electrons. The van der Waals surface area contributed by atoms with Crippen molar-refractivity contribution in [3.63, 3.8) is 0 Å². The second-order valence-electron chi connectivity index (χ2n) is 8.92. The molecule has 0 unspecified atom stereocenters. The first-order chi connectivity index (χ1) is 21.8. The maximum atomic E-state index is 13.7. The highest BCUT2D eigenvalue weighted by Gasteiger charge is 2.30. The Morgan fingerprint density at radius 2 is 0.958 bits per heavy atom. The molecule has 3 rings (SSSR count). The van der Waals surface area contributed by atoms with Gasteiger partial charge < -0.3 is 15.1 Å². The Labute approximate surface area is 297 Å². The SMILES string of the molecule is CC(=O)N(C)c1ccc(SC(Cl)(Cl)Cl)cc1F.CC(=O)N(C)c1ccc(SC(F)(F)F)cc1F.CNc1ccc(SC(F)(F)F)cc1F. The number of anilines is 3. The zero-order valence-corrected chi connectivity index (χ0v) is 29.9. The molecule has 0 aliphatic rings. The lowest BCUT2D eigenvalue weighted by Crippen LogP contribution is -2.23. The van der Waals surface area contributed by atoms with Gasteiger partial charge in [0.05, 0.1) is 17.1 Å². The second kappa shape index (κ2) is 18.6. The molecule has 0 aromatic heterocycles. The van der Waals surface area contributed by atoms with E-state index < -0.39 is 49.3 Å². The normalized spacial score (nSPS) is 11.4. The summed E-state index contributed by atoms with van der Waals surface area (Å²) in [6, 6.07) is 10.6. The van der Waals surface area contributed by atoms with Crippen molar-refractivity contribution >= 4 is 99.0 Å². The van der Waals surface area contributed by atoms with Crippen molar-refractivity contribution in [1.82, 2.24) is 0 Å². The summed E-state index contributed by atoms with van der Waals surface area (Å²) >= 11 is 16.9. The molecule has 0 atom stereocenters. The number of hydrogen-bond acceptors (Lipinski definition) is 6. The third-order valence-corrected chi connectivity index (χ3v) is 8.27. The number of hydrogen-bond donors (Lipinski definition) is 1. The summed E-state index contributed by atoms with van der Waals surface area (Å²) < 4.78 is 110. The number of amides is 2. The largest absolute Gasteiger partial charge is 0.446 e. The van der Waals surface area contributed by atoms with Gasteiger partial charge in [0.25, 0.3) is 0 Å². The maximum absolute atomic E-state index is 13.7. The fourth-order valence-electron chi connectivity index (χ4n) is 3.15. The number of halogens is 12. The number of nitrogens with zero attached hydrogens (tertiary/aromatic N) is 2. The third kappa shape index (κ3) is 16.4. The number of nitrogens with one attached hydrogen (secondary N) is 1. The van der Waals surface area contributed by atoms with Gasteiger partial charge in [-0.25, -0.2) is 13.2 Å². The monoisotopic (exact) mass is 807 g/mol. The van der Waals surface area contributed by atoms with E-state index in [0.717, 1.165) is 40.9 Å².